The van der Waals surface area contributed by atoms with Crippen molar-refractivity contribution in [3.8, 4) is 11.5 Å². The first kappa shape index (κ1) is 7.35. The lowest BCUT2D eigenvalue weighted by molar-refractivity contribution is 0.764. The number of hydrogen-bond donors (Lipinski definition) is 0. The van der Waals surface area contributed by atoms with Crippen LogP contribution in [0, 0.1) is 0 Å². The topological polar surface area (TPSA) is 56.5 Å². The third kappa shape index (κ3) is 1.10. The van der Waals surface area contributed by atoms with Crippen LogP contribution in [-0.4, -0.2) is 24.4 Å². The van der Waals surface area contributed by atoms with Crippen molar-refractivity contribution in [1.82, 2.24) is 24.4 Å². The Morgan fingerprint density at radius 1 is 1.50 bits per heavy atom. The molecule has 12 heavy (non-hydrogen) atoms. The fourth-order valence-corrected chi connectivity index (χ4v) is 1.38. The van der Waals surface area contributed by atoms with Gasteiger partial charge >= 0.3 is 0 Å². The maximum Gasteiger partial charge on any atom is 0.185 e. The maximum absolute atomic E-state index is 3.95. The maximum atomic E-state index is 3.95. The Labute approximate surface area is 73.2 Å². The fraction of sp³-hybridized carbons (Fsp3) is 0.333. The number of rotatable bonds is 2. The molecule has 0 aliphatic heterocycles. The van der Waals surface area contributed by atoms with Gasteiger partial charge in [0.2, 0.25) is 0 Å². The lowest BCUT2D eigenvalue weighted by Gasteiger charge is -1.96. The summed E-state index contributed by atoms with van der Waals surface area (Å²) in [6.07, 6.45) is 1.69. The Morgan fingerprint density at radius 2 is 2.42 bits per heavy atom. The molecule has 0 saturated carbocycles. The van der Waals surface area contributed by atoms with Crippen molar-refractivity contribution in [2.75, 3.05) is 0 Å². The second kappa shape index (κ2) is 2.98. The van der Waals surface area contributed by atoms with Crippen molar-refractivity contribution in [2.45, 2.75) is 13.5 Å². The van der Waals surface area contributed by atoms with Crippen LogP contribution in [0.15, 0.2) is 11.7 Å². The average molecular weight is 181 g/mol. The molecule has 0 aliphatic rings. The molecule has 6 heteroatoms. The van der Waals surface area contributed by atoms with Crippen LogP contribution < -0.4 is 0 Å². The van der Waals surface area contributed by atoms with Gasteiger partial charge in [-0.05, 0) is 18.5 Å². The summed E-state index contributed by atoms with van der Waals surface area (Å²) in [4.78, 5) is 0. The molecule has 0 bridgehead atoms. The molecule has 2 aromatic heterocycles. The highest BCUT2D eigenvalue weighted by atomic mass is 32.1. The minimum atomic E-state index is 0.784. The number of aryl methyl sites for hydroxylation is 1. The van der Waals surface area contributed by atoms with Gasteiger partial charge in [0.25, 0.3) is 0 Å². The Hall–Kier alpha value is -1.30. The highest BCUT2D eigenvalue weighted by Gasteiger charge is 2.07. The van der Waals surface area contributed by atoms with Crippen molar-refractivity contribution >= 4 is 11.5 Å². The van der Waals surface area contributed by atoms with E-state index in [1.54, 1.807) is 6.33 Å². The molecule has 0 spiro atoms. The van der Waals surface area contributed by atoms with Gasteiger partial charge in [-0.1, -0.05) is 4.49 Å². The third-order valence-corrected chi connectivity index (χ3v) is 2.05. The van der Waals surface area contributed by atoms with Crippen molar-refractivity contribution in [1.29, 1.82) is 0 Å². The summed E-state index contributed by atoms with van der Waals surface area (Å²) in [6.45, 7) is 2.88. The lowest BCUT2D eigenvalue weighted by Crippen LogP contribution is -1.95. The van der Waals surface area contributed by atoms with E-state index in [2.05, 4.69) is 19.8 Å². The number of nitrogens with zero attached hydrogens (tertiary/aromatic N) is 5. The van der Waals surface area contributed by atoms with Crippen LogP contribution in [0.2, 0.25) is 0 Å². The molecule has 0 aliphatic carbocycles. The molecule has 0 N–H and O–H groups in total. The van der Waals surface area contributed by atoms with E-state index in [0.29, 0.717) is 0 Å². The predicted molar refractivity (Wildman–Crippen MR) is 44.6 cm³/mol. The van der Waals surface area contributed by atoms with Crippen molar-refractivity contribution in [3.05, 3.63) is 11.7 Å². The number of aromatic nitrogens is 5. The second-order valence-corrected chi connectivity index (χ2v) is 2.84. The molecule has 5 nitrogen and oxygen atoms in total. The summed E-state index contributed by atoms with van der Waals surface area (Å²) in [7, 11) is 0. The Kier molecular flexibility index (Phi) is 1.83. The summed E-state index contributed by atoms with van der Waals surface area (Å²) < 4.78 is 5.69. The molecule has 62 valence electrons. The van der Waals surface area contributed by atoms with E-state index >= 15 is 0 Å². The third-order valence-electron chi connectivity index (χ3n) is 1.55. The highest BCUT2D eigenvalue weighted by Crippen LogP contribution is 2.13. The quantitative estimate of drug-likeness (QED) is 0.688. The van der Waals surface area contributed by atoms with E-state index in [9.17, 15) is 0 Å². The van der Waals surface area contributed by atoms with Gasteiger partial charge in [-0.2, -0.15) is 0 Å². The molecule has 0 atom stereocenters. The van der Waals surface area contributed by atoms with Crippen molar-refractivity contribution < 1.29 is 0 Å². The van der Waals surface area contributed by atoms with Gasteiger partial charge in [-0.25, -0.2) is 0 Å². The van der Waals surface area contributed by atoms with Crippen LogP contribution >= 0.6 is 11.5 Å². The molecule has 2 aromatic rings. The summed E-state index contributed by atoms with van der Waals surface area (Å²) in [5, 5.41) is 13.5. The smallest absolute Gasteiger partial charge is 0.185 e. The van der Waals surface area contributed by atoms with Crippen LogP contribution in [-0.2, 0) is 6.54 Å². The van der Waals surface area contributed by atoms with Gasteiger partial charge in [-0.15, -0.1) is 15.3 Å². The first-order valence-corrected chi connectivity index (χ1v) is 4.40. The zero-order chi connectivity index (χ0) is 8.39. The van der Waals surface area contributed by atoms with Gasteiger partial charge in [0.05, 0.1) is 0 Å². The lowest BCUT2D eigenvalue weighted by atomic mass is 10.4. The monoisotopic (exact) mass is 181 g/mol. The Bertz CT molecular complexity index is 352. The average Bonchev–Trinajstić information content (AvgIpc) is 2.74. The summed E-state index contributed by atoms with van der Waals surface area (Å²) in [5.74, 6) is 0.784. The van der Waals surface area contributed by atoms with Crippen LogP contribution in [0.5, 0.6) is 0 Å². The fourth-order valence-electron chi connectivity index (χ4n) is 0.947. The van der Waals surface area contributed by atoms with Crippen LogP contribution in [0.3, 0.4) is 0 Å². The van der Waals surface area contributed by atoms with Gasteiger partial charge < -0.3 is 4.57 Å². The van der Waals surface area contributed by atoms with Crippen LogP contribution in [0.25, 0.3) is 11.5 Å². The highest BCUT2D eigenvalue weighted by molar-refractivity contribution is 7.03. The van der Waals surface area contributed by atoms with E-state index in [4.69, 9.17) is 0 Å². The van der Waals surface area contributed by atoms with E-state index < -0.39 is 0 Å². The molecule has 0 radical (unpaired) electrons. The molecule has 2 heterocycles. The number of hydrogen-bond acceptors (Lipinski definition) is 5. The molecule has 0 saturated heterocycles. The zero-order valence-corrected chi connectivity index (χ0v) is 7.32. The van der Waals surface area contributed by atoms with E-state index in [0.717, 1.165) is 18.1 Å². The van der Waals surface area contributed by atoms with Crippen molar-refractivity contribution in [2.24, 2.45) is 0 Å². The minimum Gasteiger partial charge on any atom is -0.312 e. The molecule has 0 aromatic carbocycles. The SMILES string of the molecule is CCn1cnnc1-c1csnn1. The minimum absolute atomic E-state index is 0.784. The Balaban J connectivity index is 2.46. The molecule has 0 fully saturated rings. The molecule has 2 rings (SSSR count). The van der Waals surface area contributed by atoms with E-state index in [1.165, 1.54) is 11.5 Å². The molecular formula is C6H7N5S. The van der Waals surface area contributed by atoms with Gasteiger partial charge in [0, 0.05) is 11.9 Å². The normalized spacial score (nSPS) is 10.4. The largest absolute Gasteiger partial charge is 0.312 e. The molecule has 0 amide bonds. The first-order chi connectivity index (χ1) is 5.92. The van der Waals surface area contributed by atoms with Crippen LogP contribution in [0.1, 0.15) is 6.92 Å². The van der Waals surface area contributed by atoms with Gasteiger partial charge in [-0.3, -0.25) is 0 Å². The van der Waals surface area contributed by atoms with Crippen molar-refractivity contribution in [3.63, 3.8) is 0 Å². The molecule has 0 unspecified atom stereocenters. The van der Waals surface area contributed by atoms with Gasteiger partial charge in [0.15, 0.2) is 5.82 Å². The Morgan fingerprint density at radius 3 is 3.08 bits per heavy atom. The standard InChI is InChI=1S/C6H7N5S/c1-2-11-4-7-9-6(11)5-3-12-10-8-5/h3-4H,2H2,1H3. The zero-order valence-electron chi connectivity index (χ0n) is 6.51. The second-order valence-electron chi connectivity index (χ2n) is 2.23. The van der Waals surface area contributed by atoms with E-state index in [-0.39, 0.29) is 0 Å². The summed E-state index contributed by atoms with van der Waals surface area (Å²) in [6, 6.07) is 0. The van der Waals surface area contributed by atoms with Crippen LogP contribution in [0.4, 0.5) is 0 Å². The molecular weight excluding hydrogens is 174 g/mol. The summed E-state index contributed by atoms with van der Waals surface area (Å²) >= 11 is 1.31. The van der Waals surface area contributed by atoms with Gasteiger partial charge in [0.1, 0.15) is 12.0 Å². The predicted octanol–water partition coefficient (Wildman–Crippen LogP) is 0.816. The van der Waals surface area contributed by atoms with E-state index in [1.807, 2.05) is 16.9 Å². The first-order valence-electron chi connectivity index (χ1n) is 3.57. The summed E-state index contributed by atoms with van der Waals surface area (Å²) in [5.41, 5.74) is 0.791.